The molecular weight excluding hydrogens is 442 g/mol. The molecule has 0 aliphatic rings. The lowest BCUT2D eigenvalue weighted by Gasteiger charge is -2.15. The van der Waals surface area contributed by atoms with Crippen LogP contribution in [0.5, 0.6) is 5.75 Å². The highest BCUT2D eigenvalue weighted by atomic mass is 35.5. The number of ether oxygens (including phenoxy) is 1. The third-order valence-corrected chi connectivity index (χ3v) is 4.59. The van der Waals surface area contributed by atoms with Crippen molar-refractivity contribution in [1.29, 1.82) is 0 Å². The van der Waals surface area contributed by atoms with Gasteiger partial charge >= 0.3 is 5.97 Å². The van der Waals surface area contributed by atoms with Gasteiger partial charge in [0.15, 0.2) is 6.61 Å². The number of aliphatic carboxylic acids is 1. The number of hydrogen-bond acceptors (Lipinski definition) is 4. The van der Waals surface area contributed by atoms with Crippen molar-refractivity contribution in [3.05, 3.63) is 101 Å². The van der Waals surface area contributed by atoms with Gasteiger partial charge in [0, 0.05) is 18.6 Å². The van der Waals surface area contributed by atoms with Gasteiger partial charge in [0.25, 0.3) is 5.91 Å². The number of aliphatic hydroxyl groups is 1. The number of hydrogen-bond donors (Lipinski definition) is 3. The minimum atomic E-state index is -0.827. The number of carboxylic acid groups (broad SMARTS) is 1. The van der Waals surface area contributed by atoms with Crippen LogP contribution in [-0.2, 0) is 16.0 Å². The highest BCUT2D eigenvalue weighted by molar-refractivity contribution is 6.30. The zero-order valence-corrected chi connectivity index (χ0v) is 19.5. The monoisotopic (exact) mass is 471 g/mol. The van der Waals surface area contributed by atoms with E-state index in [9.17, 15) is 9.59 Å². The lowest BCUT2D eigenvalue weighted by atomic mass is 10.1. The van der Waals surface area contributed by atoms with E-state index < -0.39 is 5.97 Å². The summed E-state index contributed by atoms with van der Waals surface area (Å²) < 4.78 is 5.45. The van der Waals surface area contributed by atoms with Gasteiger partial charge in [-0.15, -0.1) is 0 Å². The van der Waals surface area contributed by atoms with Crippen LogP contribution in [0.15, 0.2) is 84.9 Å². The van der Waals surface area contributed by atoms with E-state index in [-0.39, 0.29) is 25.0 Å². The molecule has 0 saturated carbocycles. The van der Waals surface area contributed by atoms with Crippen LogP contribution in [0.3, 0.4) is 0 Å². The van der Waals surface area contributed by atoms with Gasteiger partial charge in [-0.1, -0.05) is 72.3 Å². The summed E-state index contributed by atoms with van der Waals surface area (Å²) in [4.78, 5) is 22.5. The topological polar surface area (TPSA) is 95.9 Å². The standard InChI is InChI=1S/C19H20ClNO4.C6H6.CH4O/c1-13(15-5-7-16(20)8-6-15)21-18(22)12-25-17-9-2-14(3-10-17)4-11-19(23)24;1-2-4-6-5-3-1;1-2/h2-3,5-10,13H,4,11-12H2,1H3,(H,21,22)(H,23,24);1-6H;2H,1H3. The van der Waals surface area contributed by atoms with Gasteiger partial charge in [0.1, 0.15) is 5.75 Å². The molecule has 3 rings (SSSR count). The quantitative estimate of drug-likeness (QED) is 0.434. The van der Waals surface area contributed by atoms with Crippen LogP contribution in [0.4, 0.5) is 0 Å². The molecule has 0 aliphatic heterocycles. The minimum Gasteiger partial charge on any atom is -0.484 e. The molecule has 3 aromatic rings. The van der Waals surface area contributed by atoms with E-state index in [0.29, 0.717) is 17.2 Å². The predicted octanol–water partition coefficient (Wildman–Crippen LogP) is 4.91. The number of aryl methyl sites for hydroxylation is 1. The average molecular weight is 472 g/mol. The van der Waals surface area contributed by atoms with Gasteiger partial charge in [0.2, 0.25) is 0 Å². The number of benzene rings is 3. The largest absolute Gasteiger partial charge is 0.484 e. The fraction of sp³-hybridized carbons (Fsp3) is 0.231. The van der Waals surface area contributed by atoms with Crippen molar-refractivity contribution >= 4 is 23.5 Å². The molecule has 1 unspecified atom stereocenters. The Morgan fingerprint density at radius 1 is 0.909 bits per heavy atom. The van der Waals surface area contributed by atoms with Crippen LogP contribution in [-0.4, -0.2) is 35.8 Å². The van der Waals surface area contributed by atoms with E-state index >= 15 is 0 Å². The van der Waals surface area contributed by atoms with Gasteiger partial charge in [-0.25, -0.2) is 0 Å². The van der Waals surface area contributed by atoms with Crippen LogP contribution in [0.2, 0.25) is 5.02 Å². The van der Waals surface area contributed by atoms with Crippen LogP contribution < -0.4 is 10.1 Å². The molecule has 0 bridgehead atoms. The number of halogens is 1. The second kappa shape index (κ2) is 16.3. The first-order chi connectivity index (χ1) is 15.9. The number of aliphatic hydroxyl groups excluding tert-OH is 1. The Kier molecular flexibility index (Phi) is 13.7. The summed E-state index contributed by atoms with van der Waals surface area (Å²) >= 11 is 5.85. The number of amides is 1. The maximum absolute atomic E-state index is 12.0. The molecule has 0 spiro atoms. The Hall–Kier alpha value is -3.35. The molecule has 1 atom stereocenters. The van der Waals surface area contributed by atoms with Crippen molar-refractivity contribution < 1.29 is 24.5 Å². The Morgan fingerprint density at radius 2 is 1.42 bits per heavy atom. The summed E-state index contributed by atoms with van der Waals surface area (Å²) in [7, 11) is 1.00. The molecular formula is C26H30ClNO5. The first-order valence-electron chi connectivity index (χ1n) is 10.4. The molecule has 1 amide bonds. The zero-order valence-electron chi connectivity index (χ0n) is 18.8. The normalized spacial score (nSPS) is 10.4. The summed E-state index contributed by atoms with van der Waals surface area (Å²) in [6.45, 7) is 1.80. The molecule has 0 aromatic heterocycles. The zero-order chi connectivity index (χ0) is 24.5. The maximum atomic E-state index is 12.0. The van der Waals surface area contributed by atoms with E-state index in [0.717, 1.165) is 18.2 Å². The van der Waals surface area contributed by atoms with Crippen LogP contribution >= 0.6 is 11.6 Å². The lowest BCUT2D eigenvalue weighted by Crippen LogP contribution is -2.31. The third-order valence-electron chi connectivity index (χ3n) is 4.33. The predicted molar refractivity (Wildman–Crippen MR) is 130 cm³/mol. The minimum absolute atomic E-state index is 0.0885. The second-order valence-electron chi connectivity index (χ2n) is 6.82. The summed E-state index contributed by atoms with van der Waals surface area (Å²) in [6, 6.07) is 26.2. The maximum Gasteiger partial charge on any atom is 0.303 e. The summed E-state index contributed by atoms with van der Waals surface area (Å²) in [6.07, 6.45) is 0.555. The third kappa shape index (κ3) is 12.3. The number of carbonyl (C=O) groups excluding carboxylic acids is 1. The number of rotatable bonds is 8. The Bertz CT molecular complexity index is 904. The Balaban J connectivity index is 0.000000578. The van der Waals surface area contributed by atoms with Crippen molar-refractivity contribution in [2.45, 2.75) is 25.8 Å². The van der Waals surface area contributed by atoms with Crippen LogP contribution in [0, 0.1) is 0 Å². The van der Waals surface area contributed by atoms with Gasteiger partial charge in [0.05, 0.1) is 6.04 Å². The Morgan fingerprint density at radius 3 is 1.91 bits per heavy atom. The van der Waals surface area contributed by atoms with E-state index in [4.69, 9.17) is 26.6 Å². The number of carbonyl (C=O) groups is 2. The molecule has 3 aromatic carbocycles. The van der Waals surface area contributed by atoms with E-state index in [1.54, 1.807) is 36.4 Å². The summed E-state index contributed by atoms with van der Waals surface area (Å²) in [5.41, 5.74) is 1.87. The van der Waals surface area contributed by atoms with Crippen molar-refractivity contribution in [3.8, 4) is 5.75 Å². The van der Waals surface area contributed by atoms with Crippen LogP contribution in [0.1, 0.15) is 30.5 Å². The summed E-state index contributed by atoms with van der Waals surface area (Å²) in [5.74, 6) is -0.488. The van der Waals surface area contributed by atoms with E-state index in [2.05, 4.69) is 5.32 Å². The Labute approximate surface area is 199 Å². The molecule has 0 fully saturated rings. The smallest absolute Gasteiger partial charge is 0.303 e. The van der Waals surface area contributed by atoms with E-state index in [1.165, 1.54) is 0 Å². The van der Waals surface area contributed by atoms with Crippen LogP contribution in [0.25, 0.3) is 0 Å². The molecule has 0 radical (unpaired) electrons. The second-order valence-corrected chi connectivity index (χ2v) is 7.26. The van der Waals surface area contributed by atoms with Crippen molar-refractivity contribution in [1.82, 2.24) is 5.32 Å². The lowest BCUT2D eigenvalue weighted by molar-refractivity contribution is -0.137. The fourth-order valence-corrected chi connectivity index (χ4v) is 2.78. The number of carboxylic acids is 1. The molecule has 3 N–H and O–H groups in total. The number of nitrogens with one attached hydrogen (secondary N) is 1. The van der Waals surface area contributed by atoms with Crippen molar-refractivity contribution in [2.75, 3.05) is 13.7 Å². The molecule has 176 valence electrons. The van der Waals surface area contributed by atoms with Crippen molar-refractivity contribution in [3.63, 3.8) is 0 Å². The average Bonchev–Trinajstić information content (AvgIpc) is 2.85. The molecule has 0 saturated heterocycles. The highest BCUT2D eigenvalue weighted by Gasteiger charge is 2.10. The first kappa shape index (κ1) is 27.7. The molecule has 7 heteroatoms. The highest BCUT2D eigenvalue weighted by Crippen LogP contribution is 2.16. The molecule has 0 heterocycles. The van der Waals surface area contributed by atoms with Gasteiger partial charge in [-0.05, 0) is 48.7 Å². The van der Waals surface area contributed by atoms with Gasteiger partial charge in [-0.2, -0.15) is 0 Å². The first-order valence-corrected chi connectivity index (χ1v) is 10.7. The van der Waals surface area contributed by atoms with E-state index in [1.807, 2.05) is 55.5 Å². The fourth-order valence-electron chi connectivity index (χ4n) is 2.66. The molecule has 0 aliphatic carbocycles. The molecule has 6 nitrogen and oxygen atoms in total. The van der Waals surface area contributed by atoms with Gasteiger partial charge < -0.3 is 20.3 Å². The van der Waals surface area contributed by atoms with Crippen molar-refractivity contribution in [2.24, 2.45) is 0 Å². The summed E-state index contributed by atoms with van der Waals surface area (Å²) in [5, 5.41) is 19.2. The van der Waals surface area contributed by atoms with Gasteiger partial charge in [-0.3, -0.25) is 9.59 Å². The molecule has 33 heavy (non-hydrogen) atoms. The SMILES string of the molecule is CC(NC(=O)COc1ccc(CCC(=O)O)cc1)c1ccc(Cl)cc1.CO.c1ccccc1.